The minimum absolute atomic E-state index is 0.0808. The van der Waals surface area contributed by atoms with E-state index < -0.39 is 4.92 Å². The first-order valence-corrected chi connectivity index (χ1v) is 9.08. The molecule has 1 atom stereocenters. The Labute approximate surface area is 158 Å². The number of amides is 1. The first-order valence-electron chi connectivity index (χ1n) is 9.08. The van der Waals surface area contributed by atoms with Gasteiger partial charge in [-0.1, -0.05) is 30.3 Å². The quantitative estimate of drug-likeness (QED) is 0.580. The summed E-state index contributed by atoms with van der Waals surface area (Å²) in [6.45, 7) is 2.72. The van der Waals surface area contributed by atoms with Gasteiger partial charge in [0.2, 0.25) is 0 Å². The number of nitro benzene ring substituents is 1. The Balaban J connectivity index is 1.73. The summed E-state index contributed by atoms with van der Waals surface area (Å²) >= 11 is 0. The zero-order chi connectivity index (χ0) is 19.2. The summed E-state index contributed by atoms with van der Waals surface area (Å²) in [5.41, 5.74) is 1.72. The molecule has 1 amide bonds. The van der Waals surface area contributed by atoms with Crippen LogP contribution in [0.15, 0.2) is 48.5 Å². The van der Waals surface area contributed by atoms with Crippen molar-refractivity contribution < 1.29 is 9.72 Å². The number of nitro groups is 1. The van der Waals surface area contributed by atoms with Gasteiger partial charge in [-0.05, 0) is 43.6 Å². The first kappa shape index (κ1) is 18.8. The minimum atomic E-state index is -0.447. The molecule has 0 aliphatic carbocycles. The Morgan fingerprint density at radius 3 is 2.74 bits per heavy atom. The number of rotatable bonds is 7. The van der Waals surface area contributed by atoms with E-state index in [1.807, 2.05) is 37.4 Å². The minimum Gasteiger partial charge on any atom is -0.375 e. The van der Waals surface area contributed by atoms with Gasteiger partial charge in [-0.2, -0.15) is 0 Å². The lowest BCUT2D eigenvalue weighted by molar-refractivity contribution is -0.384. The largest absolute Gasteiger partial charge is 0.375 e. The summed E-state index contributed by atoms with van der Waals surface area (Å²) in [4.78, 5) is 25.6. The lowest BCUT2D eigenvalue weighted by atomic mass is 10.1. The zero-order valence-corrected chi connectivity index (χ0v) is 15.4. The maximum absolute atomic E-state index is 12.7. The molecule has 1 saturated heterocycles. The molecule has 2 N–H and O–H groups in total. The van der Waals surface area contributed by atoms with Gasteiger partial charge in [-0.15, -0.1) is 0 Å². The van der Waals surface area contributed by atoms with Crippen LogP contribution in [0.5, 0.6) is 0 Å². The van der Waals surface area contributed by atoms with Crippen molar-refractivity contribution in [3.8, 4) is 0 Å². The predicted octanol–water partition coefficient (Wildman–Crippen LogP) is 2.89. The Bertz CT molecular complexity index is 810. The van der Waals surface area contributed by atoms with Gasteiger partial charge in [0.05, 0.1) is 4.92 Å². The highest BCUT2D eigenvalue weighted by molar-refractivity contribution is 5.96. The van der Waals surface area contributed by atoms with Crippen molar-refractivity contribution in [2.24, 2.45) is 5.92 Å². The fraction of sp³-hybridized carbons (Fsp3) is 0.350. The average Bonchev–Trinajstić information content (AvgIpc) is 3.15. The van der Waals surface area contributed by atoms with Crippen LogP contribution in [0.2, 0.25) is 0 Å². The topological polar surface area (TPSA) is 87.5 Å². The van der Waals surface area contributed by atoms with Gasteiger partial charge in [-0.3, -0.25) is 14.9 Å². The number of anilines is 1. The molecule has 0 radical (unpaired) electrons. The van der Waals surface area contributed by atoms with Crippen molar-refractivity contribution in [1.29, 1.82) is 0 Å². The van der Waals surface area contributed by atoms with Gasteiger partial charge in [0.25, 0.3) is 11.6 Å². The maximum atomic E-state index is 12.7. The number of carbonyl (C=O) groups is 1. The molecular weight excluding hydrogens is 344 g/mol. The smallest absolute Gasteiger partial charge is 0.293 e. The van der Waals surface area contributed by atoms with Gasteiger partial charge < -0.3 is 15.5 Å². The summed E-state index contributed by atoms with van der Waals surface area (Å²) < 4.78 is 0. The highest BCUT2D eigenvalue weighted by Crippen LogP contribution is 2.28. The van der Waals surface area contributed by atoms with E-state index in [1.54, 1.807) is 17.0 Å². The molecule has 0 aromatic heterocycles. The number of nitrogens with zero attached hydrogens (tertiary/aromatic N) is 2. The lowest BCUT2D eigenvalue weighted by Crippen LogP contribution is -2.30. The van der Waals surface area contributed by atoms with Crippen molar-refractivity contribution in [3.05, 3.63) is 69.8 Å². The van der Waals surface area contributed by atoms with E-state index in [0.717, 1.165) is 18.5 Å². The second kappa shape index (κ2) is 8.64. The third kappa shape index (κ3) is 4.62. The fourth-order valence-electron chi connectivity index (χ4n) is 3.41. The van der Waals surface area contributed by atoms with Gasteiger partial charge in [0.15, 0.2) is 0 Å². The van der Waals surface area contributed by atoms with Crippen LogP contribution in [0.3, 0.4) is 0 Å². The average molecular weight is 368 g/mol. The van der Waals surface area contributed by atoms with E-state index in [1.165, 1.54) is 6.07 Å². The molecule has 7 nitrogen and oxygen atoms in total. The van der Waals surface area contributed by atoms with E-state index in [0.29, 0.717) is 36.8 Å². The molecule has 1 aliphatic heterocycles. The van der Waals surface area contributed by atoms with E-state index in [9.17, 15) is 14.9 Å². The van der Waals surface area contributed by atoms with Crippen LogP contribution in [-0.4, -0.2) is 42.4 Å². The van der Waals surface area contributed by atoms with E-state index in [2.05, 4.69) is 10.6 Å². The Morgan fingerprint density at radius 1 is 1.26 bits per heavy atom. The van der Waals surface area contributed by atoms with E-state index in [4.69, 9.17) is 0 Å². The molecule has 27 heavy (non-hydrogen) atoms. The Hall–Kier alpha value is -2.93. The molecule has 1 aliphatic rings. The van der Waals surface area contributed by atoms with Gasteiger partial charge in [0.1, 0.15) is 5.69 Å². The van der Waals surface area contributed by atoms with Gasteiger partial charge in [0, 0.05) is 31.3 Å². The normalized spacial score (nSPS) is 16.3. The lowest BCUT2D eigenvalue weighted by Gasteiger charge is -2.17. The fourth-order valence-corrected chi connectivity index (χ4v) is 3.41. The highest BCUT2D eigenvalue weighted by atomic mass is 16.6. The van der Waals surface area contributed by atoms with Gasteiger partial charge >= 0.3 is 0 Å². The molecule has 1 heterocycles. The van der Waals surface area contributed by atoms with Crippen molar-refractivity contribution in [2.75, 3.05) is 32.0 Å². The van der Waals surface area contributed by atoms with Crippen LogP contribution in [0, 0.1) is 16.0 Å². The number of hydrogen-bond acceptors (Lipinski definition) is 5. The molecule has 0 saturated carbocycles. The second-order valence-corrected chi connectivity index (χ2v) is 6.79. The van der Waals surface area contributed by atoms with Crippen molar-refractivity contribution in [2.45, 2.75) is 13.0 Å². The molecule has 2 aromatic rings. The van der Waals surface area contributed by atoms with Crippen LogP contribution < -0.4 is 10.6 Å². The van der Waals surface area contributed by atoms with Crippen LogP contribution >= 0.6 is 0 Å². The standard InChI is InChI=1S/C20H24N4O3/c1-21-12-16-9-10-23(14-16)20(25)17-7-8-18(19(11-17)24(26)27)22-13-15-5-3-2-4-6-15/h2-8,11,16,21-22H,9-10,12-14H2,1H3. The third-order valence-corrected chi connectivity index (χ3v) is 4.83. The molecule has 1 unspecified atom stereocenters. The Kier molecular flexibility index (Phi) is 6.03. The van der Waals surface area contributed by atoms with Crippen LogP contribution in [0.25, 0.3) is 0 Å². The molecule has 1 fully saturated rings. The zero-order valence-electron chi connectivity index (χ0n) is 15.4. The SMILES string of the molecule is CNCC1CCN(C(=O)c2ccc(NCc3ccccc3)c([N+](=O)[O-])c2)C1. The molecule has 3 rings (SSSR count). The number of hydrogen-bond donors (Lipinski definition) is 2. The van der Waals surface area contributed by atoms with Crippen molar-refractivity contribution in [1.82, 2.24) is 10.2 Å². The summed E-state index contributed by atoms with van der Waals surface area (Å²) in [5.74, 6) is 0.284. The molecule has 0 spiro atoms. The number of likely N-dealkylation sites (tertiary alicyclic amines) is 1. The van der Waals surface area contributed by atoms with Crippen LogP contribution in [0.4, 0.5) is 11.4 Å². The van der Waals surface area contributed by atoms with E-state index in [-0.39, 0.29) is 11.6 Å². The molecule has 2 aromatic carbocycles. The summed E-state index contributed by atoms with van der Waals surface area (Å²) in [7, 11) is 1.90. The number of benzene rings is 2. The first-order chi connectivity index (χ1) is 13.1. The number of nitrogens with one attached hydrogen (secondary N) is 2. The summed E-state index contributed by atoms with van der Waals surface area (Å²) in [6.07, 6.45) is 0.950. The van der Waals surface area contributed by atoms with Gasteiger partial charge in [-0.25, -0.2) is 0 Å². The number of carbonyl (C=O) groups excluding carboxylic acids is 1. The Morgan fingerprint density at radius 2 is 2.04 bits per heavy atom. The monoisotopic (exact) mass is 368 g/mol. The van der Waals surface area contributed by atoms with Crippen molar-refractivity contribution >= 4 is 17.3 Å². The molecule has 0 bridgehead atoms. The van der Waals surface area contributed by atoms with Crippen molar-refractivity contribution in [3.63, 3.8) is 0 Å². The summed E-state index contributed by atoms with van der Waals surface area (Å²) in [6, 6.07) is 14.3. The highest BCUT2D eigenvalue weighted by Gasteiger charge is 2.27. The van der Waals surface area contributed by atoms with E-state index >= 15 is 0 Å². The summed E-state index contributed by atoms with van der Waals surface area (Å²) in [5, 5.41) is 17.7. The third-order valence-electron chi connectivity index (χ3n) is 4.83. The molecule has 142 valence electrons. The molecule has 7 heteroatoms. The molecular formula is C20H24N4O3. The second-order valence-electron chi connectivity index (χ2n) is 6.79. The maximum Gasteiger partial charge on any atom is 0.293 e. The predicted molar refractivity (Wildman–Crippen MR) is 105 cm³/mol. The van der Waals surface area contributed by atoms with Crippen LogP contribution in [-0.2, 0) is 6.54 Å². The van der Waals surface area contributed by atoms with Crippen LogP contribution in [0.1, 0.15) is 22.3 Å².